The van der Waals surface area contributed by atoms with Gasteiger partial charge in [0.1, 0.15) is 0 Å². The molecule has 2 heterocycles. The summed E-state index contributed by atoms with van der Waals surface area (Å²) >= 11 is 0. The Bertz CT molecular complexity index is 575. The van der Waals surface area contributed by atoms with Gasteiger partial charge in [0.2, 0.25) is 6.79 Å². The number of ether oxygens (including phenoxy) is 2. The normalized spacial score (nSPS) is 21.6. The van der Waals surface area contributed by atoms with Crippen molar-refractivity contribution in [1.29, 1.82) is 0 Å². The third kappa shape index (κ3) is 2.92. The lowest BCUT2D eigenvalue weighted by Gasteiger charge is -2.28. The predicted molar refractivity (Wildman–Crippen MR) is 74.4 cm³/mol. The zero-order chi connectivity index (χ0) is 14.8. The van der Waals surface area contributed by atoms with E-state index in [-0.39, 0.29) is 24.6 Å². The first kappa shape index (κ1) is 13.7. The number of rotatable bonds is 3. The van der Waals surface area contributed by atoms with E-state index in [0.29, 0.717) is 30.3 Å². The van der Waals surface area contributed by atoms with Crippen LogP contribution in [0.1, 0.15) is 6.92 Å². The van der Waals surface area contributed by atoms with Gasteiger partial charge in [-0.05, 0) is 19.1 Å². The van der Waals surface area contributed by atoms with Gasteiger partial charge in [0.15, 0.2) is 24.1 Å². The highest BCUT2D eigenvalue weighted by molar-refractivity contribution is 5.94. The van der Waals surface area contributed by atoms with Crippen LogP contribution in [0.25, 0.3) is 0 Å². The number of fused-ring (bicyclic) bond motifs is 1. The first-order valence-electron chi connectivity index (χ1n) is 6.95. The highest BCUT2D eigenvalue weighted by atomic mass is 16.7. The van der Waals surface area contributed by atoms with Crippen LogP contribution in [0.5, 0.6) is 11.5 Å². The van der Waals surface area contributed by atoms with E-state index in [1.807, 2.05) is 6.92 Å². The second-order valence-electron chi connectivity index (χ2n) is 5.21. The number of nitrogens with one attached hydrogen (secondary N) is 3. The minimum absolute atomic E-state index is 0.0148. The van der Waals surface area contributed by atoms with Crippen LogP contribution in [0.4, 0.5) is 5.69 Å². The van der Waals surface area contributed by atoms with Crippen LogP contribution in [0.2, 0.25) is 0 Å². The van der Waals surface area contributed by atoms with Crippen LogP contribution in [-0.4, -0.2) is 44.3 Å². The van der Waals surface area contributed by atoms with Crippen LogP contribution < -0.4 is 25.0 Å². The molecule has 1 aromatic rings. The van der Waals surface area contributed by atoms with Gasteiger partial charge in [-0.1, -0.05) is 0 Å². The Morgan fingerprint density at radius 3 is 3.00 bits per heavy atom. The molecule has 2 aliphatic rings. The summed E-state index contributed by atoms with van der Waals surface area (Å²) in [6.07, 6.45) is 0. The second-order valence-corrected chi connectivity index (χ2v) is 5.21. The zero-order valence-corrected chi connectivity index (χ0v) is 11.8. The second kappa shape index (κ2) is 5.61. The van der Waals surface area contributed by atoms with Gasteiger partial charge in [0.25, 0.3) is 11.8 Å². The topological polar surface area (TPSA) is 81.1 Å². The molecule has 7 heteroatoms. The molecule has 1 aromatic carbocycles. The molecule has 1 unspecified atom stereocenters. The average molecular weight is 292 g/mol. The lowest BCUT2D eigenvalue weighted by Crippen LogP contribution is -3.19. The molecule has 0 radical (unpaired) electrons. The molecular formula is C14H18N3O4+. The summed E-state index contributed by atoms with van der Waals surface area (Å²) in [6, 6.07) is 4.99. The average Bonchev–Trinajstić information content (AvgIpc) is 2.94. The Hall–Kier alpha value is -2.28. The van der Waals surface area contributed by atoms with Crippen molar-refractivity contribution in [3.63, 3.8) is 0 Å². The SMILES string of the molecule is C[C@H](C(=O)Nc1ccc2c(c1)OCO2)[NH+]1CCNC(=O)C1. The minimum atomic E-state index is -0.290. The fraction of sp³-hybridized carbons (Fsp3) is 0.429. The first-order valence-corrected chi connectivity index (χ1v) is 6.95. The Morgan fingerprint density at radius 2 is 2.19 bits per heavy atom. The molecule has 1 fully saturated rings. The number of amides is 2. The van der Waals surface area contributed by atoms with Crippen molar-refractivity contribution in [2.75, 3.05) is 31.7 Å². The smallest absolute Gasteiger partial charge is 0.282 e. The third-order valence-corrected chi connectivity index (χ3v) is 3.80. The van der Waals surface area contributed by atoms with E-state index in [9.17, 15) is 9.59 Å². The lowest BCUT2D eigenvalue weighted by molar-refractivity contribution is -0.907. The van der Waals surface area contributed by atoms with Gasteiger partial charge in [0, 0.05) is 11.8 Å². The molecule has 0 bridgehead atoms. The number of piperazine rings is 1. The molecular weight excluding hydrogens is 274 g/mol. The van der Waals surface area contributed by atoms with E-state index in [2.05, 4.69) is 10.6 Å². The fourth-order valence-corrected chi connectivity index (χ4v) is 2.50. The monoisotopic (exact) mass is 292 g/mol. The van der Waals surface area contributed by atoms with Gasteiger partial charge >= 0.3 is 0 Å². The van der Waals surface area contributed by atoms with Crippen LogP contribution >= 0.6 is 0 Å². The molecule has 0 spiro atoms. The van der Waals surface area contributed by atoms with Crippen molar-refractivity contribution in [3.05, 3.63) is 18.2 Å². The Labute approximate surface area is 122 Å². The molecule has 0 aliphatic carbocycles. The van der Waals surface area contributed by atoms with Gasteiger partial charge in [0.05, 0.1) is 13.1 Å². The maximum Gasteiger partial charge on any atom is 0.282 e. The Balaban J connectivity index is 1.64. The van der Waals surface area contributed by atoms with E-state index < -0.39 is 0 Å². The standard InChI is InChI=1S/C14H17N3O4/c1-9(17-5-4-15-13(18)7-17)14(19)16-10-2-3-11-12(6-10)21-8-20-11/h2-3,6,9H,4-5,7-8H2,1H3,(H,15,18)(H,16,19)/p+1/t9-/m1/s1. The number of hydrogen-bond donors (Lipinski definition) is 3. The third-order valence-electron chi connectivity index (χ3n) is 3.80. The first-order chi connectivity index (χ1) is 10.1. The maximum absolute atomic E-state index is 12.3. The molecule has 0 saturated carbocycles. The zero-order valence-electron chi connectivity index (χ0n) is 11.8. The van der Waals surface area contributed by atoms with Crippen molar-refractivity contribution in [1.82, 2.24) is 5.32 Å². The van der Waals surface area contributed by atoms with Crippen molar-refractivity contribution in [3.8, 4) is 11.5 Å². The minimum Gasteiger partial charge on any atom is -0.454 e. The van der Waals surface area contributed by atoms with Crippen molar-refractivity contribution in [2.45, 2.75) is 13.0 Å². The summed E-state index contributed by atoms with van der Waals surface area (Å²) in [7, 11) is 0. The summed E-state index contributed by atoms with van der Waals surface area (Å²) in [4.78, 5) is 24.6. The molecule has 3 N–H and O–H groups in total. The molecule has 2 amide bonds. The summed E-state index contributed by atoms with van der Waals surface area (Å²) < 4.78 is 10.5. The van der Waals surface area contributed by atoms with Crippen LogP contribution in [0, 0.1) is 0 Å². The fourth-order valence-electron chi connectivity index (χ4n) is 2.50. The quantitative estimate of drug-likeness (QED) is 0.651. The van der Waals surface area contributed by atoms with Crippen LogP contribution in [0.3, 0.4) is 0 Å². The molecule has 1 saturated heterocycles. The molecule has 2 atom stereocenters. The summed E-state index contributed by atoms with van der Waals surface area (Å²) in [5, 5.41) is 5.62. The number of carbonyl (C=O) groups excluding carboxylic acids is 2. The molecule has 112 valence electrons. The molecule has 2 aliphatic heterocycles. The molecule has 0 aromatic heterocycles. The molecule has 3 rings (SSSR count). The van der Waals surface area contributed by atoms with Crippen molar-refractivity contribution >= 4 is 17.5 Å². The number of hydrogen-bond acceptors (Lipinski definition) is 4. The van der Waals surface area contributed by atoms with E-state index in [1.165, 1.54) is 0 Å². The number of quaternary nitrogens is 1. The number of benzene rings is 1. The summed E-state index contributed by atoms with van der Waals surface area (Å²) in [6.45, 7) is 3.72. The van der Waals surface area contributed by atoms with Gasteiger partial charge in [-0.3, -0.25) is 9.59 Å². The maximum atomic E-state index is 12.3. The van der Waals surface area contributed by atoms with Crippen LogP contribution in [0.15, 0.2) is 18.2 Å². The molecule has 7 nitrogen and oxygen atoms in total. The highest BCUT2D eigenvalue weighted by Crippen LogP contribution is 2.34. The van der Waals surface area contributed by atoms with Gasteiger partial charge < -0.3 is 25.0 Å². The van der Waals surface area contributed by atoms with E-state index in [4.69, 9.17) is 9.47 Å². The number of carbonyl (C=O) groups is 2. The van der Waals surface area contributed by atoms with Gasteiger partial charge in [-0.25, -0.2) is 0 Å². The Morgan fingerprint density at radius 1 is 1.38 bits per heavy atom. The van der Waals surface area contributed by atoms with Gasteiger partial charge in [-0.2, -0.15) is 0 Å². The Kier molecular flexibility index (Phi) is 3.66. The number of anilines is 1. The van der Waals surface area contributed by atoms with Crippen molar-refractivity contribution in [2.24, 2.45) is 0 Å². The van der Waals surface area contributed by atoms with E-state index >= 15 is 0 Å². The van der Waals surface area contributed by atoms with E-state index in [0.717, 1.165) is 11.4 Å². The highest BCUT2D eigenvalue weighted by Gasteiger charge is 2.30. The lowest BCUT2D eigenvalue weighted by atomic mass is 10.2. The summed E-state index contributed by atoms with van der Waals surface area (Å²) in [5.41, 5.74) is 0.664. The predicted octanol–water partition coefficient (Wildman–Crippen LogP) is -1.24. The van der Waals surface area contributed by atoms with Crippen LogP contribution in [-0.2, 0) is 9.59 Å². The van der Waals surface area contributed by atoms with E-state index in [1.54, 1.807) is 18.2 Å². The van der Waals surface area contributed by atoms with Gasteiger partial charge in [-0.15, -0.1) is 0 Å². The largest absolute Gasteiger partial charge is 0.454 e. The van der Waals surface area contributed by atoms with Crippen molar-refractivity contribution < 1.29 is 24.0 Å². The summed E-state index contributed by atoms with van der Waals surface area (Å²) in [5.74, 6) is 1.18. The molecule has 21 heavy (non-hydrogen) atoms.